The molecule has 1 aromatic rings. The summed E-state index contributed by atoms with van der Waals surface area (Å²) in [4.78, 5) is 11.5. The van der Waals surface area contributed by atoms with Crippen LogP contribution < -0.4 is 15.4 Å². The molecule has 0 aliphatic rings. The van der Waals surface area contributed by atoms with E-state index < -0.39 is 0 Å². The van der Waals surface area contributed by atoms with Gasteiger partial charge in [-0.1, -0.05) is 13.8 Å². The lowest BCUT2D eigenvalue weighted by Crippen LogP contribution is -2.34. The van der Waals surface area contributed by atoms with Gasteiger partial charge < -0.3 is 15.4 Å². The zero-order valence-corrected chi connectivity index (χ0v) is 12.5. The number of rotatable bonds is 7. The fraction of sp³-hybridized carbons (Fsp3) is 0.533. The first-order valence-electron chi connectivity index (χ1n) is 6.82. The lowest BCUT2D eigenvalue weighted by atomic mass is 10.2. The van der Waals surface area contributed by atoms with Crippen LogP contribution in [0.2, 0.25) is 0 Å². The van der Waals surface area contributed by atoms with Crippen LogP contribution in [0.15, 0.2) is 18.2 Å². The highest BCUT2D eigenvalue weighted by molar-refractivity contribution is 5.77. The molecule has 0 unspecified atom stereocenters. The van der Waals surface area contributed by atoms with Gasteiger partial charge in [-0.3, -0.25) is 4.79 Å². The predicted molar refractivity (Wildman–Crippen MR) is 77.1 cm³/mol. The van der Waals surface area contributed by atoms with E-state index >= 15 is 0 Å². The SMILES string of the molecule is CC(C)NCc1cc(F)cc(OCC(=O)NC(C)C)c1. The number of hydrogen-bond donors (Lipinski definition) is 2. The van der Waals surface area contributed by atoms with E-state index in [0.29, 0.717) is 18.3 Å². The van der Waals surface area contributed by atoms with Gasteiger partial charge in [0, 0.05) is 24.7 Å². The molecule has 4 nitrogen and oxygen atoms in total. The van der Waals surface area contributed by atoms with E-state index in [-0.39, 0.29) is 24.4 Å². The maximum absolute atomic E-state index is 13.5. The van der Waals surface area contributed by atoms with Gasteiger partial charge in [0.2, 0.25) is 0 Å². The lowest BCUT2D eigenvalue weighted by molar-refractivity contribution is -0.123. The average molecular weight is 282 g/mol. The normalized spacial score (nSPS) is 10.9. The number of carbonyl (C=O) groups excluding carboxylic acids is 1. The summed E-state index contributed by atoms with van der Waals surface area (Å²) in [5, 5.41) is 5.92. The van der Waals surface area contributed by atoms with Crippen molar-refractivity contribution in [2.24, 2.45) is 0 Å². The molecular formula is C15H23FN2O2. The number of nitrogens with one attached hydrogen (secondary N) is 2. The number of benzene rings is 1. The second kappa shape index (κ2) is 7.85. The van der Waals surface area contributed by atoms with Crippen LogP contribution in [0.4, 0.5) is 4.39 Å². The molecular weight excluding hydrogens is 259 g/mol. The molecule has 5 heteroatoms. The van der Waals surface area contributed by atoms with Crippen LogP contribution in [0.5, 0.6) is 5.75 Å². The van der Waals surface area contributed by atoms with Gasteiger partial charge in [0.05, 0.1) is 0 Å². The zero-order chi connectivity index (χ0) is 15.1. The largest absolute Gasteiger partial charge is 0.484 e. The minimum Gasteiger partial charge on any atom is -0.484 e. The molecule has 2 N–H and O–H groups in total. The third kappa shape index (κ3) is 6.52. The molecule has 0 spiro atoms. The summed E-state index contributed by atoms with van der Waals surface area (Å²) < 4.78 is 18.8. The van der Waals surface area contributed by atoms with Crippen molar-refractivity contribution in [1.82, 2.24) is 10.6 Å². The van der Waals surface area contributed by atoms with Crippen molar-refractivity contribution in [3.8, 4) is 5.75 Å². The van der Waals surface area contributed by atoms with Crippen LogP contribution in [-0.2, 0) is 11.3 Å². The summed E-state index contributed by atoms with van der Waals surface area (Å²) in [6.07, 6.45) is 0. The molecule has 0 saturated heterocycles. The molecule has 0 fully saturated rings. The van der Waals surface area contributed by atoms with Crippen LogP contribution in [0.25, 0.3) is 0 Å². The van der Waals surface area contributed by atoms with Gasteiger partial charge >= 0.3 is 0 Å². The van der Waals surface area contributed by atoms with E-state index in [0.717, 1.165) is 5.56 Å². The first-order chi connectivity index (χ1) is 9.36. The Morgan fingerprint density at radius 1 is 1.20 bits per heavy atom. The van der Waals surface area contributed by atoms with E-state index in [4.69, 9.17) is 4.74 Å². The highest BCUT2D eigenvalue weighted by atomic mass is 19.1. The minimum atomic E-state index is -0.368. The Hall–Kier alpha value is -1.62. The van der Waals surface area contributed by atoms with Crippen LogP contribution in [0, 0.1) is 5.82 Å². The maximum Gasteiger partial charge on any atom is 0.258 e. The number of carbonyl (C=O) groups is 1. The maximum atomic E-state index is 13.5. The first kappa shape index (κ1) is 16.4. The third-order valence-electron chi connectivity index (χ3n) is 2.47. The predicted octanol–water partition coefficient (Wildman–Crippen LogP) is 2.23. The van der Waals surface area contributed by atoms with Crippen LogP contribution >= 0.6 is 0 Å². The smallest absolute Gasteiger partial charge is 0.258 e. The number of amides is 1. The highest BCUT2D eigenvalue weighted by Crippen LogP contribution is 2.16. The Morgan fingerprint density at radius 3 is 2.50 bits per heavy atom. The fourth-order valence-corrected chi connectivity index (χ4v) is 1.64. The van der Waals surface area contributed by atoms with E-state index in [2.05, 4.69) is 10.6 Å². The Morgan fingerprint density at radius 2 is 1.90 bits per heavy atom. The Bertz CT molecular complexity index is 447. The summed E-state index contributed by atoms with van der Waals surface area (Å²) >= 11 is 0. The summed E-state index contributed by atoms with van der Waals surface area (Å²) in [7, 11) is 0. The molecule has 0 heterocycles. The second-order valence-electron chi connectivity index (χ2n) is 5.34. The lowest BCUT2D eigenvalue weighted by Gasteiger charge is -2.12. The molecule has 0 aliphatic heterocycles. The Labute approximate surface area is 119 Å². The monoisotopic (exact) mass is 282 g/mol. The van der Waals surface area contributed by atoms with Crippen molar-refractivity contribution in [1.29, 1.82) is 0 Å². The molecule has 0 atom stereocenters. The van der Waals surface area contributed by atoms with E-state index in [1.807, 2.05) is 27.7 Å². The van der Waals surface area contributed by atoms with E-state index in [9.17, 15) is 9.18 Å². The van der Waals surface area contributed by atoms with Crippen molar-refractivity contribution in [3.63, 3.8) is 0 Å². The highest BCUT2D eigenvalue weighted by Gasteiger charge is 2.07. The third-order valence-corrected chi connectivity index (χ3v) is 2.47. The summed E-state index contributed by atoms with van der Waals surface area (Å²) in [5.41, 5.74) is 0.790. The summed E-state index contributed by atoms with van der Waals surface area (Å²) in [6.45, 7) is 8.23. The first-order valence-corrected chi connectivity index (χ1v) is 6.82. The van der Waals surface area contributed by atoms with Crippen molar-refractivity contribution in [2.75, 3.05) is 6.61 Å². The van der Waals surface area contributed by atoms with Gasteiger partial charge in [0.1, 0.15) is 11.6 Å². The molecule has 0 aromatic heterocycles. The van der Waals surface area contributed by atoms with Crippen molar-refractivity contribution in [2.45, 2.75) is 46.3 Å². The van der Waals surface area contributed by atoms with Gasteiger partial charge in [-0.05, 0) is 31.5 Å². The van der Waals surface area contributed by atoms with Gasteiger partial charge in [-0.2, -0.15) is 0 Å². The molecule has 1 amide bonds. The van der Waals surface area contributed by atoms with E-state index in [1.54, 1.807) is 6.07 Å². The summed E-state index contributed by atoms with van der Waals surface area (Å²) in [5.74, 6) is -0.220. The fourth-order valence-electron chi connectivity index (χ4n) is 1.64. The van der Waals surface area contributed by atoms with Crippen LogP contribution in [0.1, 0.15) is 33.3 Å². The van der Waals surface area contributed by atoms with Crippen LogP contribution in [0.3, 0.4) is 0 Å². The quantitative estimate of drug-likeness (QED) is 0.806. The second-order valence-corrected chi connectivity index (χ2v) is 5.34. The van der Waals surface area contributed by atoms with Gasteiger partial charge in [0.15, 0.2) is 6.61 Å². The molecule has 0 bridgehead atoms. The molecule has 0 aliphatic carbocycles. The molecule has 1 aromatic carbocycles. The number of hydrogen-bond acceptors (Lipinski definition) is 3. The molecule has 20 heavy (non-hydrogen) atoms. The standard InChI is InChI=1S/C15H23FN2O2/c1-10(2)17-8-12-5-13(16)7-14(6-12)20-9-15(19)18-11(3)4/h5-7,10-11,17H,8-9H2,1-4H3,(H,18,19). The minimum absolute atomic E-state index is 0.0596. The van der Waals surface area contributed by atoms with E-state index in [1.165, 1.54) is 12.1 Å². The molecule has 1 rings (SSSR count). The number of halogens is 1. The van der Waals surface area contributed by atoms with Gasteiger partial charge in [-0.25, -0.2) is 4.39 Å². The Balaban J connectivity index is 2.59. The van der Waals surface area contributed by atoms with Gasteiger partial charge in [-0.15, -0.1) is 0 Å². The summed E-state index contributed by atoms with van der Waals surface area (Å²) in [6, 6.07) is 4.85. The van der Waals surface area contributed by atoms with Crippen molar-refractivity contribution in [3.05, 3.63) is 29.6 Å². The molecule has 0 saturated carbocycles. The number of ether oxygens (including phenoxy) is 1. The average Bonchev–Trinajstić information content (AvgIpc) is 2.32. The van der Waals surface area contributed by atoms with Crippen molar-refractivity contribution < 1.29 is 13.9 Å². The molecule has 0 radical (unpaired) electrons. The van der Waals surface area contributed by atoms with Crippen molar-refractivity contribution >= 4 is 5.91 Å². The molecule has 112 valence electrons. The zero-order valence-electron chi connectivity index (χ0n) is 12.5. The topological polar surface area (TPSA) is 50.4 Å². The Kier molecular flexibility index (Phi) is 6.45. The van der Waals surface area contributed by atoms with Gasteiger partial charge in [0.25, 0.3) is 5.91 Å². The van der Waals surface area contributed by atoms with Crippen LogP contribution in [-0.4, -0.2) is 24.6 Å².